The van der Waals surface area contributed by atoms with Crippen LogP contribution in [0.5, 0.6) is 0 Å². The largest absolute Gasteiger partial charge is 0.472 e. The van der Waals surface area contributed by atoms with E-state index in [1.165, 1.54) is 0 Å². The molecule has 0 unspecified atom stereocenters. The second-order valence-electron chi connectivity index (χ2n) is 7.15. The highest BCUT2D eigenvalue weighted by atomic mass is 28.4. The Morgan fingerprint density at radius 2 is 2.04 bits per heavy atom. The summed E-state index contributed by atoms with van der Waals surface area (Å²) in [7, 11) is -2.03. The van der Waals surface area contributed by atoms with Gasteiger partial charge in [-0.1, -0.05) is 20.8 Å². The average molecular weight is 338 g/mol. The van der Waals surface area contributed by atoms with E-state index in [1.807, 2.05) is 6.07 Å². The Morgan fingerprint density at radius 1 is 1.35 bits per heavy atom. The van der Waals surface area contributed by atoms with Gasteiger partial charge in [-0.2, -0.15) is 0 Å². The van der Waals surface area contributed by atoms with Crippen LogP contribution in [0.2, 0.25) is 18.1 Å². The van der Waals surface area contributed by atoms with Crippen LogP contribution in [0.3, 0.4) is 0 Å². The average Bonchev–Trinajstić information content (AvgIpc) is 3.05. The van der Waals surface area contributed by atoms with Gasteiger partial charge in [-0.05, 0) is 43.3 Å². The summed E-state index contributed by atoms with van der Waals surface area (Å²) in [4.78, 5) is 12.0. The highest BCUT2D eigenvalue weighted by Crippen LogP contribution is 2.42. The molecular weight excluding hydrogens is 312 g/mol. The van der Waals surface area contributed by atoms with Gasteiger partial charge < -0.3 is 18.3 Å². The molecule has 2 heterocycles. The molecule has 0 aromatic carbocycles. The van der Waals surface area contributed by atoms with E-state index in [9.17, 15) is 4.79 Å². The van der Waals surface area contributed by atoms with E-state index in [0.717, 1.165) is 0 Å². The van der Waals surface area contributed by atoms with Gasteiger partial charge in [-0.25, -0.2) is 4.79 Å². The van der Waals surface area contributed by atoms with Crippen LogP contribution in [0, 0.1) is 0 Å². The lowest BCUT2D eigenvalue weighted by Crippen LogP contribution is -2.44. The van der Waals surface area contributed by atoms with E-state index in [2.05, 4.69) is 33.9 Å². The summed E-state index contributed by atoms with van der Waals surface area (Å²) in [5.74, 6) is 0.367. The normalized spacial score (nSPS) is 21.7. The third-order valence-electron chi connectivity index (χ3n) is 4.41. The van der Waals surface area contributed by atoms with E-state index >= 15 is 0 Å². The van der Waals surface area contributed by atoms with Crippen molar-refractivity contribution < 1.29 is 23.1 Å². The SMILES string of the molecule is CCOC(=O)C1=C[C@H](O[Si](C)(C)C(C)(C)C)[C@@H](c2ccco2)O1. The number of furan rings is 1. The third kappa shape index (κ3) is 3.87. The maximum absolute atomic E-state index is 12.0. The number of carbonyl (C=O) groups excluding carboxylic acids is 1. The van der Waals surface area contributed by atoms with Crippen molar-refractivity contribution in [2.24, 2.45) is 0 Å². The van der Waals surface area contributed by atoms with E-state index in [1.54, 1.807) is 25.3 Å². The Hall–Kier alpha value is -1.53. The Balaban J connectivity index is 2.25. The van der Waals surface area contributed by atoms with Gasteiger partial charge in [0.15, 0.2) is 14.4 Å². The topological polar surface area (TPSA) is 57.9 Å². The van der Waals surface area contributed by atoms with E-state index in [-0.39, 0.29) is 16.9 Å². The number of rotatable bonds is 5. The highest BCUT2D eigenvalue weighted by molar-refractivity contribution is 6.74. The number of esters is 1. The van der Waals surface area contributed by atoms with E-state index < -0.39 is 20.4 Å². The molecule has 0 spiro atoms. The van der Waals surface area contributed by atoms with Crippen LogP contribution < -0.4 is 0 Å². The number of carbonyl (C=O) groups is 1. The van der Waals surface area contributed by atoms with E-state index in [4.69, 9.17) is 18.3 Å². The zero-order valence-corrected chi connectivity index (χ0v) is 15.7. The molecule has 0 N–H and O–H groups in total. The molecule has 0 bridgehead atoms. The van der Waals surface area contributed by atoms with Crippen LogP contribution >= 0.6 is 0 Å². The monoisotopic (exact) mass is 338 g/mol. The zero-order valence-electron chi connectivity index (χ0n) is 14.7. The molecular formula is C17H26O5Si. The fourth-order valence-corrected chi connectivity index (χ4v) is 3.31. The minimum absolute atomic E-state index is 0.0568. The first-order valence-electron chi connectivity index (χ1n) is 7.92. The van der Waals surface area contributed by atoms with E-state index in [0.29, 0.717) is 12.4 Å². The summed E-state index contributed by atoms with van der Waals surface area (Å²) in [6.45, 7) is 12.9. The molecule has 5 nitrogen and oxygen atoms in total. The predicted molar refractivity (Wildman–Crippen MR) is 89.3 cm³/mol. The first-order valence-corrected chi connectivity index (χ1v) is 10.8. The maximum atomic E-state index is 12.0. The molecule has 1 aromatic rings. The fraction of sp³-hybridized carbons (Fsp3) is 0.588. The number of hydrogen-bond donors (Lipinski definition) is 0. The smallest absolute Gasteiger partial charge is 0.373 e. The molecule has 128 valence electrons. The summed E-state index contributed by atoms with van der Waals surface area (Å²) < 4.78 is 22.7. The Labute approximate surface area is 138 Å². The van der Waals surface area contributed by atoms with Crippen molar-refractivity contribution in [3.63, 3.8) is 0 Å². The molecule has 1 aliphatic heterocycles. The summed E-state index contributed by atoms with van der Waals surface area (Å²) in [6, 6.07) is 3.62. The fourth-order valence-electron chi connectivity index (χ4n) is 2.08. The minimum Gasteiger partial charge on any atom is -0.472 e. The summed E-state index contributed by atoms with van der Waals surface area (Å²) in [6.07, 6.45) is 2.48. The number of hydrogen-bond acceptors (Lipinski definition) is 5. The van der Waals surface area contributed by atoms with Crippen molar-refractivity contribution in [3.05, 3.63) is 36.0 Å². The zero-order chi connectivity index (χ0) is 17.3. The standard InChI is InChI=1S/C17H26O5Si/c1-7-19-16(18)14-11-13(22-23(5,6)17(2,3)4)15(21-14)12-9-8-10-20-12/h8-11,13,15H,7H2,1-6H3/t13-,15+/m0/s1. The van der Waals surface area contributed by atoms with Crippen LogP contribution in [0.25, 0.3) is 0 Å². The van der Waals surface area contributed by atoms with Crippen LogP contribution in [0.4, 0.5) is 0 Å². The Morgan fingerprint density at radius 3 is 2.57 bits per heavy atom. The number of ether oxygens (including phenoxy) is 2. The summed E-state index contributed by atoms with van der Waals surface area (Å²) in [5, 5.41) is 0.0568. The molecule has 1 aliphatic rings. The van der Waals surface area contributed by atoms with Crippen molar-refractivity contribution in [1.29, 1.82) is 0 Å². The molecule has 0 saturated carbocycles. The first-order chi connectivity index (χ1) is 10.7. The molecule has 0 fully saturated rings. The molecule has 1 aromatic heterocycles. The molecule has 2 atom stereocenters. The maximum Gasteiger partial charge on any atom is 0.373 e. The van der Waals surface area contributed by atoms with Gasteiger partial charge in [-0.15, -0.1) is 0 Å². The Kier molecular flexibility index (Phi) is 5.06. The minimum atomic E-state index is -2.03. The lowest BCUT2D eigenvalue weighted by molar-refractivity contribution is -0.143. The van der Waals surface area contributed by atoms with Crippen molar-refractivity contribution in [2.45, 2.75) is 58.0 Å². The van der Waals surface area contributed by atoms with Crippen LogP contribution in [0.1, 0.15) is 39.6 Å². The highest BCUT2D eigenvalue weighted by Gasteiger charge is 2.44. The molecule has 23 heavy (non-hydrogen) atoms. The van der Waals surface area contributed by atoms with Crippen LogP contribution in [-0.2, 0) is 18.7 Å². The quantitative estimate of drug-likeness (QED) is 0.595. The van der Waals surface area contributed by atoms with Crippen LogP contribution in [-0.4, -0.2) is 27.0 Å². The molecule has 6 heteroatoms. The molecule has 0 amide bonds. The van der Waals surface area contributed by atoms with Gasteiger partial charge >= 0.3 is 5.97 Å². The van der Waals surface area contributed by atoms with Gasteiger partial charge in [0.05, 0.1) is 12.9 Å². The second kappa shape index (κ2) is 6.53. The summed E-state index contributed by atoms with van der Waals surface area (Å²) in [5.41, 5.74) is 0. The molecule has 0 aliphatic carbocycles. The van der Waals surface area contributed by atoms with Crippen LogP contribution in [0.15, 0.2) is 34.6 Å². The van der Waals surface area contributed by atoms with Crippen molar-refractivity contribution >= 4 is 14.3 Å². The lowest BCUT2D eigenvalue weighted by Gasteiger charge is -2.38. The predicted octanol–water partition coefficient (Wildman–Crippen LogP) is 4.19. The van der Waals surface area contributed by atoms with Crippen molar-refractivity contribution in [1.82, 2.24) is 0 Å². The van der Waals surface area contributed by atoms with Gasteiger partial charge in [0.25, 0.3) is 0 Å². The Bertz CT molecular complexity index is 568. The van der Waals surface area contributed by atoms with Gasteiger partial charge in [0, 0.05) is 0 Å². The lowest BCUT2D eigenvalue weighted by atomic mass is 10.2. The van der Waals surface area contributed by atoms with Gasteiger partial charge in [-0.3, -0.25) is 0 Å². The van der Waals surface area contributed by atoms with Crippen molar-refractivity contribution in [3.8, 4) is 0 Å². The first kappa shape index (κ1) is 17.8. The van der Waals surface area contributed by atoms with Gasteiger partial charge in [0.2, 0.25) is 5.76 Å². The van der Waals surface area contributed by atoms with Gasteiger partial charge in [0.1, 0.15) is 11.9 Å². The molecule has 2 rings (SSSR count). The van der Waals surface area contributed by atoms with Crippen molar-refractivity contribution in [2.75, 3.05) is 6.61 Å². The third-order valence-corrected chi connectivity index (χ3v) is 8.88. The molecule has 0 radical (unpaired) electrons. The summed E-state index contributed by atoms with van der Waals surface area (Å²) >= 11 is 0. The second-order valence-corrected chi connectivity index (χ2v) is 11.9. The molecule has 0 saturated heterocycles.